The molecule has 3 heterocycles. The zero-order chi connectivity index (χ0) is 18.3. The molecule has 1 amide bonds. The average Bonchev–Trinajstić information content (AvgIpc) is 3.37. The van der Waals surface area contributed by atoms with Crippen LogP contribution in [0.5, 0.6) is 0 Å². The SMILES string of the molecule is Cc1ccc(C2C(C(=O)c3ccco3)=C(O)C(=O)N2C2CCCCC2)o1. The van der Waals surface area contributed by atoms with Gasteiger partial charge in [0.15, 0.2) is 11.5 Å². The Kier molecular flexibility index (Phi) is 4.18. The minimum atomic E-state index is -0.725. The van der Waals surface area contributed by atoms with E-state index in [1.165, 1.54) is 12.3 Å². The van der Waals surface area contributed by atoms with Crippen molar-refractivity contribution in [2.24, 2.45) is 0 Å². The van der Waals surface area contributed by atoms with E-state index in [0.29, 0.717) is 11.5 Å². The van der Waals surface area contributed by atoms with Gasteiger partial charge in [-0.1, -0.05) is 19.3 Å². The number of hydrogen-bond donors (Lipinski definition) is 1. The van der Waals surface area contributed by atoms with Gasteiger partial charge in [0.05, 0.1) is 11.8 Å². The minimum absolute atomic E-state index is 0.0179. The standard InChI is InChI=1S/C20H21NO5/c1-12-9-10-14(26-12)17-16(18(22)15-8-5-11-25-15)19(23)20(24)21(17)13-6-3-2-4-7-13/h5,8-11,13,17,23H,2-4,6-7H2,1H3. The summed E-state index contributed by atoms with van der Waals surface area (Å²) in [6, 6.07) is 5.95. The second-order valence-corrected chi connectivity index (χ2v) is 6.92. The van der Waals surface area contributed by atoms with Crippen LogP contribution in [0.15, 0.2) is 50.7 Å². The van der Waals surface area contributed by atoms with Gasteiger partial charge in [-0.3, -0.25) is 9.59 Å². The summed E-state index contributed by atoms with van der Waals surface area (Å²) in [5.41, 5.74) is 0.0323. The van der Waals surface area contributed by atoms with Crippen molar-refractivity contribution in [1.82, 2.24) is 4.90 Å². The summed E-state index contributed by atoms with van der Waals surface area (Å²) in [6.45, 7) is 1.81. The van der Waals surface area contributed by atoms with Gasteiger partial charge in [-0.25, -0.2) is 0 Å². The highest BCUT2D eigenvalue weighted by molar-refractivity contribution is 6.14. The van der Waals surface area contributed by atoms with Crippen LogP contribution in [0, 0.1) is 6.92 Å². The van der Waals surface area contributed by atoms with Crippen molar-refractivity contribution in [3.63, 3.8) is 0 Å². The number of furan rings is 2. The van der Waals surface area contributed by atoms with Gasteiger partial charge in [0, 0.05) is 6.04 Å². The molecule has 1 N–H and O–H groups in total. The smallest absolute Gasteiger partial charge is 0.290 e. The summed E-state index contributed by atoms with van der Waals surface area (Å²) in [4.78, 5) is 27.5. The molecule has 2 aliphatic rings. The normalized spacial score (nSPS) is 21.7. The summed E-state index contributed by atoms with van der Waals surface area (Å²) in [6.07, 6.45) is 6.31. The molecule has 1 saturated carbocycles. The maximum atomic E-state index is 13.0. The van der Waals surface area contributed by atoms with E-state index in [1.807, 2.05) is 6.92 Å². The van der Waals surface area contributed by atoms with E-state index in [2.05, 4.69) is 0 Å². The molecule has 1 unspecified atom stereocenters. The van der Waals surface area contributed by atoms with Gasteiger partial charge in [-0.05, 0) is 44.0 Å². The molecule has 0 saturated heterocycles. The molecule has 0 bridgehead atoms. The lowest BCUT2D eigenvalue weighted by molar-refractivity contribution is -0.132. The molecule has 2 aromatic heterocycles. The van der Waals surface area contributed by atoms with Crippen LogP contribution in [0.2, 0.25) is 0 Å². The third-order valence-electron chi connectivity index (χ3n) is 5.23. The van der Waals surface area contributed by atoms with Crippen molar-refractivity contribution in [1.29, 1.82) is 0 Å². The van der Waals surface area contributed by atoms with Crippen LogP contribution in [0.4, 0.5) is 0 Å². The van der Waals surface area contributed by atoms with E-state index >= 15 is 0 Å². The number of carbonyl (C=O) groups is 2. The fourth-order valence-corrected chi connectivity index (χ4v) is 4.01. The van der Waals surface area contributed by atoms with Crippen LogP contribution in [0.25, 0.3) is 0 Å². The number of hydrogen-bond acceptors (Lipinski definition) is 5. The highest BCUT2D eigenvalue weighted by Gasteiger charge is 2.48. The summed E-state index contributed by atoms with van der Waals surface area (Å²) in [5.74, 6) is -0.231. The first kappa shape index (κ1) is 16.7. The molecule has 26 heavy (non-hydrogen) atoms. The van der Waals surface area contributed by atoms with Crippen molar-refractivity contribution >= 4 is 11.7 Å². The molecule has 4 rings (SSSR count). The number of rotatable bonds is 4. The average molecular weight is 355 g/mol. The Morgan fingerprint density at radius 2 is 1.96 bits per heavy atom. The van der Waals surface area contributed by atoms with Crippen LogP contribution in [0.3, 0.4) is 0 Å². The monoisotopic (exact) mass is 355 g/mol. The number of aryl methyl sites for hydroxylation is 1. The first-order valence-electron chi connectivity index (χ1n) is 8.98. The number of ketones is 1. The van der Waals surface area contributed by atoms with Gasteiger partial charge in [-0.15, -0.1) is 0 Å². The van der Waals surface area contributed by atoms with Gasteiger partial charge < -0.3 is 18.8 Å². The lowest BCUT2D eigenvalue weighted by Gasteiger charge is -2.35. The number of nitrogens with zero attached hydrogens (tertiary/aromatic N) is 1. The highest BCUT2D eigenvalue weighted by Crippen LogP contribution is 2.43. The number of carbonyl (C=O) groups excluding carboxylic acids is 2. The molecule has 0 spiro atoms. The molecule has 0 aromatic carbocycles. The maximum Gasteiger partial charge on any atom is 0.290 e. The first-order chi connectivity index (χ1) is 12.6. The molecule has 0 radical (unpaired) electrons. The lowest BCUT2D eigenvalue weighted by Crippen LogP contribution is -2.41. The molecule has 1 aliphatic carbocycles. The van der Waals surface area contributed by atoms with Crippen molar-refractivity contribution in [2.75, 3.05) is 0 Å². The van der Waals surface area contributed by atoms with Crippen molar-refractivity contribution < 1.29 is 23.5 Å². The topological polar surface area (TPSA) is 83.9 Å². The second-order valence-electron chi connectivity index (χ2n) is 6.92. The van der Waals surface area contributed by atoms with E-state index in [4.69, 9.17) is 8.83 Å². The van der Waals surface area contributed by atoms with E-state index < -0.39 is 23.5 Å². The second kappa shape index (κ2) is 6.52. The quantitative estimate of drug-likeness (QED) is 0.835. The summed E-state index contributed by atoms with van der Waals surface area (Å²) < 4.78 is 11.0. The predicted molar refractivity (Wildman–Crippen MR) is 92.6 cm³/mol. The number of amides is 1. The number of aliphatic hydroxyl groups is 1. The number of aliphatic hydroxyl groups excluding tert-OH is 1. The van der Waals surface area contributed by atoms with E-state index in [9.17, 15) is 14.7 Å². The van der Waals surface area contributed by atoms with Crippen LogP contribution in [-0.2, 0) is 4.79 Å². The van der Waals surface area contributed by atoms with Crippen LogP contribution < -0.4 is 0 Å². The van der Waals surface area contributed by atoms with Gasteiger partial charge in [0.2, 0.25) is 5.78 Å². The van der Waals surface area contributed by atoms with Crippen molar-refractivity contribution in [2.45, 2.75) is 51.1 Å². The zero-order valence-electron chi connectivity index (χ0n) is 14.6. The van der Waals surface area contributed by atoms with Crippen molar-refractivity contribution in [3.05, 3.63) is 59.1 Å². The van der Waals surface area contributed by atoms with Gasteiger partial charge in [-0.2, -0.15) is 0 Å². The Morgan fingerprint density at radius 1 is 1.19 bits per heavy atom. The third-order valence-corrected chi connectivity index (χ3v) is 5.23. The highest BCUT2D eigenvalue weighted by atomic mass is 16.3. The van der Waals surface area contributed by atoms with Crippen LogP contribution in [-0.4, -0.2) is 27.7 Å². The Morgan fingerprint density at radius 3 is 2.58 bits per heavy atom. The van der Waals surface area contributed by atoms with E-state index in [-0.39, 0.29) is 17.4 Å². The molecule has 1 aliphatic heterocycles. The molecular weight excluding hydrogens is 334 g/mol. The fraction of sp³-hybridized carbons (Fsp3) is 0.400. The van der Waals surface area contributed by atoms with Crippen LogP contribution in [0.1, 0.15) is 60.2 Å². The Bertz CT molecular complexity index is 855. The lowest BCUT2D eigenvalue weighted by atomic mass is 9.92. The van der Waals surface area contributed by atoms with Gasteiger partial charge in [0.25, 0.3) is 5.91 Å². The zero-order valence-corrected chi connectivity index (χ0v) is 14.6. The summed E-state index contributed by atoms with van der Waals surface area (Å²) in [7, 11) is 0. The van der Waals surface area contributed by atoms with E-state index in [0.717, 1.165) is 32.1 Å². The van der Waals surface area contributed by atoms with Gasteiger partial charge in [0.1, 0.15) is 17.6 Å². The third kappa shape index (κ3) is 2.66. The first-order valence-corrected chi connectivity index (χ1v) is 8.98. The van der Waals surface area contributed by atoms with E-state index in [1.54, 1.807) is 23.1 Å². The fourth-order valence-electron chi connectivity index (χ4n) is 4.01. The summed E-state index contributed by atoms with van der Waals surface area (Å²) >= 11 is 0. The predicted octanol–water partition coefficient (Wildman–Crippen LogP) is 4.09. The number of Topliss-reactive ketones (excluding diaryl/α,β-unsaturated/α-hetero) is 1. The maximum absolute atomic E-state index is 13.0. The molecule has 6 nitrogen and oxygen atoms in total. The molecule has 6 heteroatoms. The molecule has 1 fully saturated rings. The minimum Gasteiger partial charge on any atom is -0.503 e. The van der Waals surface area contributed by atoms with Crippen LogP contribution >= 0.6 is 0 Å². The largest absolute Gasteiger partial charge is 0.503 e. The Hall–Kier alpha value is -2.76. The Balaban J connectivity index is 1.79. The summed E-state index contributed by atoms with van der Waals surface area (Å²) in [5, 5.41) is 10.6. The van der Waals surface area contributed by atoms with Crippen molar-refractivity contribution in [3.8, 4) is 0 Å². The molecule has 136 valence electrons. The molecule has 1 atom stereocenters. The molecular formula is C20H21NO5. The van der Waals surface area contributed by atoms with Gasteiger partial charge >= 0.3 is 0 Å². The molecule has 2 aromatic rings. The Labute approximate surface area is 151 Å².